The van der Waals surface area contributed by atoms with Crippen molar-refractivity contribution in [1.82, 2.24) is 5.32 Å². The van der Waals surface area contributed by atoms with Crippen molar-refractivity contribution in [3.8, 4) is 0 Å². The van der Waals surface area contributed by atoms with Crippen molar-refractivity contribution in [2.24, 2.45) is 0 Å². The predicted octanol–water partition coefficient (Wildman–Crippen LogP) is 18.8. The second kappa shape index (κ2) is 54.9. The number of phosphoric ester groups is 1. The Morgan fingerprint density at radius 3 is 1.19 bits per heavy atom. The first kappa shape index (κ1) is 71.2. The van der Waals surface area contributed by atoms with Crippen LogP contribution >= 0.6 is 7.82 Å². The number of amides is 1. The fourth-order valence-electron chi connectivity index (χ4n) is 8.33. The van der Waals surface area contributed by atoms with Crippen LogP contribution in [0.5, 0.6) is 0 Å². The number of carbonyl (C=O) groups excluding carboxylic acids is 1. The number of rotatable bonds is 54. The molecule has 426 valence electrons. The van der Waals surface area contributed by atoms with Crippen molar-refractivity contribution in [1.29, 1.82) is 0 Å². The lowest BCUT2D eigenvalue weighted by Gasteiger charge is -2.26. The van der Waals surface area contributed by atoms with E-state index < -0.39 is 20.0 Å². The Morgan fingerprint density at radius 1 is 0.473 bits per heavy atom. The van der Waals surface area contributed by atoms with E-state index in [0.717, 1.165) is 109 Å². The van der Waals surface area contributed by atoms with Crippen molar-refractivity contribution in [2.45, 2.75) is 257 Å². The molecule has 0 radical (unpaired) electrons. The normalized spacial score (nSPS) is 14.6. The molecule has 0 aromatic carbocycles. The molecule has 0 fully saturated rings. The molecule has 0 saturated carbocycles. The summed E-state index contributed by atoms with van der Waals surface area (Å²) in [5.74, 6) is -0.159. The van der Waals surface area contributed by atoms with E-state index in [-0.39, 0.29) is 19.1 Å². The summed E-state index contributed by atoms with van der Waals surface area (Å²) in [6, 6.07) is -0.775. The van der Waals surface area contributed by atoms with Crippen LogP contribution < -0.4 is 5.32 Å². The monoisotopic (exact) mass is 1050 g/mol. The second-order valence-corrected chi connectivity index (χ2v) is 22.8. The van der Waals surface area contributed by atoms with Crippen LogP contribution in [0.15, 0.2) is 109 Å². The van der Waals surface area contributed by atoms with Crippen molar-refractivity contribution in [3.63, 3.8) is 0 Å². The van der Waals surface area contributed by atoms with E-state index in [1.807, 2.05) is 21.1 Å². The van der Waals surface area contributed by atoms with Crippen LogP contribution in [0.4, 0.5) is 0 Å². The van der Waals surface area contributed by atoms with Gasteiger partial charge in [0.05, 0.1) is 39.9 Å². The summed E-state index contributed by atoms with van der Waals surface area (Å²) in [6.07, 6.45) is 80.0. The zero-order valence-electron chi connectivity index (χ0n) is 48.5. The number of hydrogen-bond acceptors (Lipinski definition) is 5. The van der Waals surface area contributed by atoms with Crippen LogP contribution in [0.25, 0.3) is 0 Å². The highest BCUT2D eigenvalue weighted by atomic mass is 31.2. The summed E-state index contributed by atoms with van der Waals surface area (Å²) < 4.78 is 23.8. The molecular weight excluding hydrogens is 936 g/mol. The van der Waals surface area contributed by atoms with Crippen LogP contribution in [-0.4, -0.2) is 73.4 Å². The number of phosphoric acid groups is 1. The molecule has 8 nitrogen and oxygen atoms in total. The molecule has 0 aliphatic rings. The molecule has 0 bridgehead atoms. The lowest BCUT2D eigenvalue weighted by Crippen LogP contribution is -2.46. The predicted molar refractivity (Wildman–Crippen MR) is 322 cm³/mol. The Labute approximate surface area is 457 Å². The molecule has 0 aromatic rings. The van der Waals surface area contributed by atoms with Crippen molar-refractivity contribution in [3.05, 3.63) is 109 Å². The number of likely N-dealkylation sites (N-methyl/N-ethyl adjacent to an activating group) is 1. The number of hydrogen-bond donors (Lipinski definition) is 3. The third-order valence-corrected chi connectivity index (χ3v) is 14.0. The summed E-state index contributed by atoms with van der Waals surface area (Å²) in [5, 5.41) is 14.1. The van der Waals surface area contributed by atoms with E-state index in [1.165, 1.54) is 109 Å². The molecule has 0 aliphatic heterocycles. The molecule has 9 heteroatoms. The first-order chi connectivity index (χ1) is 36.0. The maximum absolute atomic E-state index is 13.0. The molecule has 0 aromatic heterocycles. The Bertz CT molecular complexity index is 1570. The van der Waals surface area contributed by atoms with E-state index in [1.54, 1.807) is 0 Å². The van der Waals surface area contributed by atoms with Gasteiger partial charge in [0.2, 0.25) is 5.91 Å². The zero-order valence-corrected chi connectivity index (χ0v) is 49.4. The van der Waals surface area contributed by atoms with Crippen LogP contribution in [0, 0.1) is 0 Å². The lowest BCUT2D eigenvalue weighted by atomic mass is 10.0. The van der Waals surface area contributed by atoms with E-state index in [9.17, 15) is 19.4 Å². The average molecular weight is 1050 g/mol. The Hall–Kier alpha value is -2.84. The summed E-state index contributed by atoms with van der Waals surface area (Å²) >= 11 is 0. The molecule has 0 saturated heterocycles. The van der Waals surface area contributed by atoms with Crippen LogP contribution in [0.3, 0.4) is 0 Å². The minimum Gasteiger partial charge on any atom is -0.391 e. The standard InChI is InChI=1S/C65H115N2O6P/c1-6-8-10-12-14-16-18-20-22-24-25-26-27-28-29-30-31-32-33-34-35-36-37-38-39-40-41-43-45-47-49-51-53-55-57-59-65(69)66-63(62-73-74(70,71)72-61-60-67(3,4)5)64(68)58-56-54-52-50-48-46-44-42-23-21-19-17-15-13-11-9-7-2/h8,10,14,16,20,22,25-26,28-29,31-32,34-35,37-38,40-41,63-64,68H,6-7,9,11-13,15,17-19,21,23-24,27,30,33,36,39,42-62H2,1-5H3,(H-,66,69,70,71)/p+1/b10-8-,16-14-,22-20-,26-25-,29-28-,32-31-,35-34-,38-37-,41-40-. The Kier molecular flexibility index (Phi) is 52.8. The van der Waals surface area contributed by atoms with E-state index in [4.69, 9.17) is 9.05 Å². The van der Waals surface area contributed by atoms with Crippen molar-refractivity contribution >= 4 is 13.7 Å². The quantitative estimate of drug-likeness (QED) is 0.0243. The molecule has 0 spiro atoms. The minimum absolute atomic E-state index is 0.0672. The number of unbranched alkanes of at least 4 members (excludes halogenated alkanes) is 23. The summed E-state index contributed by atoms with van der Waals surface area (Å²) in [5.41, 5.74) is 0. The first-order valence-electron chi connectivity index (χ1n) is 30.3. The lowest BCUT2D eigenvalue weighted by molar-refractivity contribution is -0.870. The number of quaternary nitrogens is 1. The van der Waals surface area contributed by atoms with Gasteiger partial charge in [0, 0.05) is 6.42 Å². The molecule has 3 unspecified atom stereocenters. The van der Waals surface area contributed by atoms with Gasteiger partial charge >= 0.3 is 7.82 Å². The topological polar surface area (TPSA) is 105 Å². The third kappa shape index (κ3) is 56.9. The van der Waals surface area contributed by atoms with Crippen LogP contribution in [0.1, 0.15) is 245 Å². The smallest absolute Gasteiger partial charge is 0.391 e. The molecule has 0 heterocycles. The second-order valence-electron chi connectivity index (χ2n) is 21.3. The van der Waals surface area contributed by atoms with E-state index in [2.05, 4.69) is 129 Å². The number of aliphatic hydroxyl groups excluding tert-OH is 1. The third-order valence-electron chi connectivity index (χ3n) is 13.0. The maximum atomic E-state index is 13.0. The van der Waals surface area contributed by atoms with Crippen molar-refractivity contribution in [2.75, 3.05) is 40.9 Å². The SMILES string of the molecule is CC/C=C\C/C=C\C/C=C\C/C=C\C/C=C\C/C=C\C/C=C\C/C=C\C/C=C\CCCCCCCCCC(=O)NC(COP(=O)(O)OCC[N+](C)(C)C)C(O)CCCCCCCCCCCCCCCCCCC. The number of allylic oxidation sites excluding steroid dienone is 18. The van der Waals surface area contributed by atoms with E-state index in [0.29, 0.717) is 23.9 Å². The van der Waals surface area contributed by atoms with Crippen LogP contribution in [0.2, 0.25) is 0 Å². The number of carbonyl (C=O) groups is 1. The molecular formula is C65H116N2O6P+. The van der Waals surface area contributed by atoms with Gasteiger partial charge in [-0.25, -0.2) is 4.57 Å². The van der Waals surface area contributed by atoms with Gasteiger partial charge in [-0.05, 0) is 83.5 Å². The molecule has 1 amide bonds. The van der Waals surface area contributed by atoms with Gasteiger partial charge in [-0.3, -0.25) is 13.8 Å². The Morgan fingerprint density at radius 2 is 0.811 bits per heavy atom. The Balaban J connectivity index is 4.18. The van der Waals surface area contributed by atoms with Gasteiger partial charge < -0.3 is 19.8 Å². The summed E-state index contributed by atoms with van der Waals surface area (Å²) in [7, 11) is 1.60. The number of nitrogens with one attached hydrogen (secondary N) is 1. The molecule has 0 aliphatic carbocycles. The summed E-state index contributed by atoms with van der Waals surface area (Å²) in [6.45, 7) is 4.77. The van der Waals surface area contributed by atoms with E-state index >= 15 is 0 Å². The average Bonchev–Trinajstić information content (AvgIpc) is 3.36. The largest absolute Gasteiger partial charge is 0.472 e. The highest BCUT2D eigenvalue weighted by Crippen LogP contribution is 2.43. The number of aliphatic hydroxyl groups is 1. The zero-order chi connectivity index (χ0) is 54.2. The number of nitrogens with zero attached hydrogens (tertiary/aromatic N) is 1. The van der Waals surface area contributed by atoms with Crippen LogP contribution in [-0.2, 0) is 18.4 Å². The van der Waals surface area contributed by atoms with Gasteiger partial charge in [0.15, 0.2) is 0 Å². The fourth-order valence-corrected chi connectivity index (χ4v) is 9.07. The van der Waals surface area contributed by atoms with Crippen molar-refractivity contribution < 1.29 is 32.9 Å². The van der Waals surface area contributed by atoms with Gasteiger partial charge in [-0.2, -0.15) is 0 Å². The molecule has 3 atom stereocenters. The summed E-state index contributed by atoms with van der Waals surface area (Å²) in [4.78, 5) is 23.4. The molecule has 3 N–H and O–H groups in total. The van der Waals surface area contributed by atoms with Gasteiger partial charge in [-0.1, -0.05) is 264 Å². The van der Waals surface area contributed by atoms with Gasteiger partial charge in [0.25, 0.3) is 0 Å². The van der Waals surface area contributed by atoms with Gasteiger partial charge in [0.1, 0.15) is 13.2 Å². The molecule has 74 heavy (non-hydrogen) atoms. The fraction of sp³-hybridized carbons (Fsp3) is 0.708. The maximum Gasteiger partial charge on any atom is 0.472 e. The first-order valence-corrected chi connectivity index (χ1v) is 31.7. The molecule has 0 rings (SSSR count). The highest BCUT2D eigenvalue weighted by Gasteiger charge is 2.28. The highest BCUT2D eigenvalue weighted by molar-refractivity contribution is 7.47. The minimum atomic E-state index is -4.33. The van der Waals surface area contributed by atoms with Gasteiger partial charge in [-0.15, -0.1) is 0 Å².